The second kappa shape index (κ2) is 9.43. The zero-order valence-corrected chi connectivity index (χ0v) is 17.6. The van der Waals surface area contributed by atoms with Gasteiger partial charge in [-0.25, -0.2) is 4.98 Å². The van der Waals surface area contributed by atoms with Crippen LogP contribution < -0.4 is 5.32 Å². The number of benzene rings is 1. The Morgan fingerprint density at radius 2 is 2.11 bits per heavy atom. The molecule has 3 rings (SSSR count). The Bertz CT molecular complexity index is 857. The van der Waals surface area contributed by atoms with Crippen LogP contribution in [0.1, 0.15) is 24.0 Å². The van der Waals surface area contributed by atoms with Gasteiger partial charge in [0.05, 0.1) is 16.7 Å². The zero-order valence-electron chi connectivity index (χ0n) is 16.1. The number of anilines is 1. The summed E-state index contributed by atoms with van der Waals surface area (Å²) in [6.45, 7) is 5.26. The van der Waals surface area contributed by atoms with Crippen molar-refractivity contribution in [1.82, 2.24) is 9.88 Å². The van der Waals surface area contributed by atoms with E-state index in [0.29, 0.717) is 29.7 Å². The topological polar surface area (TPSA) is 62.3 Å². The van der Waals surface area contributed by atoms with Crippen LogP contribution in [0.5, 0.6) is 0 Å². The molecule has 1 aromatic carbocycles. The number of thioether (sulfide) groups is 1. The summed E-state index contributed by atoms with van der Waals surface area (Å²) in [5.41, 5.74) is 2.36. The molecular weight excluding hydrogens is 394 g/mol. The number of aryl methyl sites for hydroxylation is 2. The fourth-order valence-electron chi connectivity index (χ4n) is 3.19. The van der Waals surface area contributed by atoms with Gasteiger partial charge in [0, 0.05) is 24.2 Å². The molecule has 1 aromatic heterocycles. The Hall–Kier alpha value is -2.05. The van der Waals surface area contributed by atoms with Gasteiger partial charge in [-0.3, -0.25) is 9.59 Å². The maximum absolute atomic E-state index is 12.7. The number of hydrogen-bond donors (Lipinski definition) is 1. The normalized spacial score (nSPS) is 16.7. The number of aromatic nitrogens is 1. The summed E-state index contributed by atoms with van der Waals surface area (Å²) >= 11 is 7.38. The number of piperidine rings is 1. The molecule has 148 valence electrons. The van der Waals surface area contributed by atoms with E-state index in [-0.39, 0.29) is 17.7 Å². The Morgan fingerprint density at radius 1 is 1.29 bits per heavy atom. The smallest absolute Gasteiger partial charge is 0.232 e. The summed E-state index contributed by atoms with van der Waals surface area (Å²) in [4.78, 5) is 32.3. The van der Waals surface area contributed by atoms with Crippen LogP contribution in [0, 0.1) is 19.8 Å². The summed E-state index contributed by atoms with van der Waals surface area (Å²) in [6, 6.07) is 9.62. The van der Waals surface area contributed by atoms with Crippen molar-refractivity contribution in [3.05, 3.63) is 52.7 Å². The number of nitrogens with zero attached hydrogens (tertiary/aromatic N) is 2. The van der Waals surface area contributed by atoms with Crippen molar-refractivity contribution in [3.8, 4) is 0 Å². The van der Waals surface area contributed by atoms with E-state index < -0.39 is 0 Å². The van der Waals surface area contributed by atoms with E-state index in [1.165, 1.54) is 17.3 Å². The highest BCUT2D eigenvalue weighted by molar-refractivity contribution is 8.00. The molecule has 1 aliphatic heterocycles. The molecule has 7 heteroatoms. The lowest BCUT2D eigenvalue weighted by atomic mass is 9.97. The van der Waals surface area contributed by atoms with E-state index in [9.17, 15) is 9.59 Å². The molecule has 1 saturated heterocycles. The highest BCUT2D eigenvalue weighted by Gasteiger charge is 2.28. The molecule has 2 amide bonds. The first kappa shape index (κ1) is 20.7. The predicted molar refractivity (Wildman–Crippen MR) is 114 cm³/mol. The molecule has 5 nitrogen and oxygen atoms in total. The van der Waals surface area contributed by atoms with Crippen molar-refractivity contribution < 1.29 is 9.59 Å². The largest absolute Gasteiger partial charge is 0.341 e. The van der Waals surface area contributed by atoms with Crippen molar-refractivity contribution in [1.29, 1.82) is 0 Å². The van der Waals surface area contributed by atoms with Gasteiger partial charge in [0.25, 0.3) is 0 Å². The monoisotopic (exact) mass is 417 g/mol. The molecule has 2 heterocycles. The summed E-state index contributed by atoms with van der Waals surface area (Å²) < 4.78 is 0. The number of nitrogens with one attached hydrogen (secondary N) is 1. The van der Waals surface area contributed by atoms with Crippen molar-refractivity contribution in [3.63, 3.8) is 0 Å². The lowest BCUT2D eigenvalue weighted by molar-refractivity contribution is -0.132. The third-order valence-electron chi connectivity index (χ3n) is 4.82. The average Bonchev–Trinajstić information content (AvgIpc) is 2.70. The van der Waals surface area contributed by atoms with Crippen molar-refractivity contribution in [2.45, 2.75) is 31.6 Å². The Labute approximate surface area is 174 Å². The number of pyridine rings is 1. The maximum Gasteiger partial charge on any atom is 0.232 e. The lowest BCUT2D eigenvalue weighted by Crippen LogP contribution is -2.44. The molecule has 0 radical (unpaired) electrons. The molecule has 0 aliphatic carbocycles. The molecule has 1 unspecified atom stereocenters. The maximum atomic E-state index is 12.7. The molecule has 1 N–H and O–H groups in total. The van der Waals surface area contributed by atoms with E-state index >= 15 is 0 Å². The van der Waals surface area contributed by atoms with Gasteiger partial charge in [0.15, 0.2) is 0 Å². The SMILES string of the molecule is Cc1ccc(C)c(SCC(=O)N2CCCC(C(=O)Nc3ccc(Cl)cn3)C2)c1. The number of carbonyl (C=O) groups is 2. The standard InChI is InChI=1S/C21H24ClN3O2S/c1-14-5-6-15(2)18(10-14)28-13-20(26)25-9-3-4-16(12-25)21(27)24-19-8-7-17(22)11-23-19/h5-8,10-11,16H,3-4,9,12-13H2,1-2H3,(H,23,24,27). The number of carbonyl (C=O) groups excluding carboxylic acids is 2. The van der Waals surface area contributed by atoms with Gasteiger partial charge in [-0.05, 0) is 50.5 Å². The zero-order chi connectivity index (χ0) is 20.1. The lowest BCUT2D eigenvalue weighted by Gasteiger charge is -2.32. The molecule has 0 bridgehead atoms. The Kier molecular flexibility index (Phi) is 6.97. The van der Waals surface area contributed by atoms with Crippen molar-refractivity contribution >= 4 is 41.0 Å². The molecule has 1 atom stereocenters. The van der Waals surface area contributed by atoms with Gasteiger partial charge in [0.2, 0.25) is 11.8 Å². The van der Waals surface area contributed by atoms with Crippen LogP contribution in [0.4, 0.5) is 5.82 Å². The highest BCUT2D eigenvalue weighted by atomic mass is 35.5. The van der Waals surface area contributed by atoms with Crippen LogP contribution in [0.2, 0.25) is 5.02 Å². The van der Waals surface area contributed by atoms with E-state index in [4.69, 9.17) is 11.6 Å². The molecule has 1 aliphatic rings. The molecular formula is C21H24ClN3O2S. The minimum atomic E-state index is -0.221. The van der Waals surface area contributed by atoms with Crippen LogP contribution in [-0.2, 0) is 9.59 Å². The first-order valence-electron chi connectivity index (χ1n) is 9.32. The minimum absolute atomic E-state index is 0.0769. The van der Waals surface area contributed by atoms with Crippen molar-refractivity contribution in [2.75, 3.05) is 24.2 Å². The van der Waals surface area contributed by atoms with Gasteiger partial charge in [0.1, 0.15) is 5.82 Å². The van der Waals surface area contributed by atoms with Gasteiger partial charge < -0.3 is 10.2 Å². The molecule has 2 aromatic rings. The van der Waals surface area contributed by atoms with E-state index in [0.717, 1.165) is 17.7 Å². The minimum Gasteiger partial charge on any atom is -0.341 e. The predicted octanol–water partition coefficient (Wildman–Crippen LogP) is 4.32. The Balaban J connectivity index is 1.54. The second-order valence-corrected chi connectivity index (χ2v) is 8.54. The summed E-state index contributed by atoms with van der Waals surface area (Å²) in [5, 5.41) is 3.34. The number of amides is 2. The number of halogens is 1. The van der Waals surface area contributed by atoms with E-state index in [1.807, 2.05) is 0 Å². The van der Waals surface area contributed by atoms with Crippen LogP contribution in [0.25, 0.3) is 0 Å². The number of rotatable bonds is 5. The Morgan fingerprint density at radius 3 is 2.86 bits per heavy atom. The van der Waals surface area contributed by atoms with Crippen molar-refractivity contribution in [2.24, 2.45) is 5.92 Å². The summed E-state index contributed by atoms with van der Waals surface area (Å²) in [5.74, 6) is 0.615. The van der Waals surface area contributed by atoms with Crippen LogP contribution in [0.3, 0.4) is 0 Å². The fourth-order valence-corrected chi connectivity index (χ4v) is 4.33. The molecule has 1 fully saturated rings. The molecule has 0 saturated carbocycles. The van der Waals surface area contributed by atoms with Gasteiger partial charge in [-0.15, -0.1) is 11.8 Å². The first-order valence-corrected chi connectivity index (χ1v) is 10.7. The second-order valence-electron chi connectivity index (χ2n) is 7.09. The van der Waals surface area contributed by atoms with E-state index in [2.05, 4.69) is 42.3 Å². The van der Waals surface area contributed by atoms with Gasteiger partial charge in [-0.1, -0.05) is 29.3 Å². The van der Waals surface area contributed by atoms with E-state index in [1.54, 1.807) is 28.8 Å². The fraction of sp³-hybridized carbons (Fsp3) is 0.381. The molecule has 0 spiro atoms. The number of hydrogen-bond acceptors (Lipinski definition) is 4. The first-order chi connectivity index (χ1) is 13.4. The summed E-state index contributed by atoms with van der Waals surface area (Å²) in [6.07, 6.45) is 3.09. The van der Waals surface area contributed by atoms with Crippen LogP contribution in [-0.4, -0.2) is 40.5 Å². The average molecular weight is 418 g/mol. The van der Waals surface area contributed by atoms with Gasteiger partial charge in [-0.2, -0.15) is 0 Å². The number of likely N-dealkylation sites (tertiary alicyclic amines) is 1. The summed E-state index contributed by atoms with van der Waals surface area (Å²) in [7, 11) is 0. The quantitative estimate of drug-likeness (QED) is 0.736. The molecule has 28 heavy (non-hydrogen) atoms. The third kappa shape index (κ3) is 5.49. The van der Waals surface area contributed by atoms with Crippen LogP contribution >= 0.6 is 23.4 Å². The van der Waals surface area contributed by atoms with Crippen LogP contribution in [0.15, 0.2) is 41.4 Å². The third-order valence-corrected chi connectivity index (χ3v) is 6.18. The van der Waals surface area contributed by atoms with Gasteiger partial charge >= 0.3 is 0 Å². The highest BCUT2D eigenvalue weighted by Crippen LogP contribution is 2.25.